The van der Waals surface area contributed by atoms with E-state index in [4.69, 9.17) is 34.8 Å². The maximum Gasteiger partial charge on any atom is 0.191 e. The number of halogens is 3. The first kappa shape index (κ1) is 12.7. The van der Waals surface area contributed by atoms with Crippen LogP contribution in [0.15, 0.2) is 16.9 Å². The Morgan fingerprint density at radius 2 is 1.76 bits per heavy atom. The monoisotopic (exact) mass is 289 g/mol. The average molecular weight is 291 g/mol. The summed E-state index contributed by atoms with van der Waals surface area (Å²) in [5.74, 6) is 0.206. The van der Waals surface area contributed by atoms with Crippen LogP contribution in [0.2, 0.25) is 15.1 Å². The first-order valence-electron chi connectivity index (χ1n) is 5.12. The van der Waals surface area contributed by atoms with Gasteiger partial charge in [0.2, 0.25) is 0 Å². The van der Waals surface area contributed by atoms with Crippen LogP contribution in [-0.2, 0) is 0 Å². The Morgan fingerprint density at radius 1 is 1.12 bits per heavy atom. The van der Waals surface area contributed by atoms with E-state index in [1.165, 1.54) is 12.1 Å². The Labute approximate surface area is 113 Å². The van der Waals surface area contributed by atoms with Crippen LogP contribution in [-0.4, -0.2) is 4.98 Å². The van der Waals surface area contributed by atoms with Crippen molar-refractivity contribution in [3.05, 3.63) is 43.1 Å². The highest BCUT2D eigenvalue weighted by molar-refractivity contribution is 6.47. The van der Waals surface area contributed by atoms with Crippen molar-refractivity contribution < 1.29 is 0 Å². The molecule has 2 nitrogen and oxygen atoms in total. The Bertz CT molecular complexity index is 646. The summed E-state index contributed by atoms with van der Waals surface area (Å²) in [5.41, 5.74) is 1.19. The summed E-state index contributed by atoms with van der Waals surface area (Å²) < 4.78 is 0. The number of benzene rings is 1. The van der Waals surface area contributed by atoms with Crippen molar-refractivity contribution in [3.63, 3.8) is 0 Å². The molecule has 0 aliphatic rings. The molecular formula is C12H10Cl3NO. The fourth-order valence-corrected chi connectivity index (χ4v) is 2.41. The summed E-state index contributed by atoms with van der Waals surface area (Å²) >= 11 is 18.0. The number of nitrogens with one attached hydrogen (secondary N) is 1. The Balaban J connectivity index is 2.96. The summed E-state index contributed by atoms with van der Waals surface area (Å²) in [5, 5.41) is 1.26. The quantitative estimate of drug-likeness (QED) is 0.764. The maximum absolute atomic E-state index is 12.0. The third kappa shape index (κ3) is 2.17. The zero-order chi connectivity index (χ0) is 12.7. The minimum Gasteiger partial charge on any atom is -0.357 e. The van der Waals surface area contributed by atoms with E-state index in [9.17, 15) is 4.79 Å². The van der Waals surface area contributed by atoms with Crippen molar-refractivity contribution in [2.75, 3.05) is 0 Å². The molecule has 90 valence electrons. The lowest BCUT2D eigenvalue weighted by molar-refractivity contribution is 0.828. The molecule has 0 unspecified atom stereocenters. The lowest BCUT2D eigenvalue weighted by atomic mass is 10.1. The minimum atomic E-state index is -0.170. The van der Waals surface area contributed by atoms with Gasteiger partial charge in [0.1, 0.15) is 0 Å². The lowest BCUT2D eigenvalue weighted by Gasteiger charge is -2.10. The molecule has 0 fully saturated rings. The SMILES string of the molecule is CC(C)c1cc(=O)c2c(Cl)c(Cl)cc(Cl)c2[nH]1. The van der Waals surface area contributed by atoms with Gasteiger partial charge in [0, 0.05) is 11.8 Å². The molecule has 2 aromatic rings. The molecule has 0 radical (unpaired) electrons. The molecule has 0 saturated carbocycles. The van der Waals surface area contributed by atoms with Crippen molar-refractivity contribution in [2.24, 2.45) is 0 Å². The van der Waals surface area contributed by atoms with Gasteiger partial charge in [0.25, 0.3) is 0 Å². The zero-order valence-corrected chi connectivity index (χ0v) is 11.5. The molecule has 1 aromatic heterocycles. The molecule has 0 aliphatic carbocycles. The second-order valence-electron chi connectivity index (χ2n) is 4.15. The van der Waals surface area contributed by atoms with E-state index in [1.807, 2.05) is 13.8 Å². The fraction of sp³-hybridized carbons (Fsp3) is 0.250. The smallest absolute Gasteiger partial charge is 0.191 e. The summed E-state index contributed by atoms with van der Waals surface area (Å²) in [7, 11) is 0. The average Bonchev–Trinajstić information content (AvgIpc) is 2.25. The largest absolute Gasteiger partial charge is 0.357 e. The Hall–Kier alpha value is -0.700. The number of aromatic nitrogens is 1. The lowest BCUT2D eigenvalue weighted by Crippen LogP contribution is -2.07. The second kappa shape index (κ2) is 4.52. The molecule has 1 aromatic carbocycles. The van der Waals surface area contributed by atoms with Crippen LogP contribution >= 0.6 is 34.8 Å². The molecule has 1 heterocycles. The summed E-state index contributed by atoms with van der Waals surface area (Å²) in [6.07, 6.45) is 0. The van der Waals surface area contributed by atoms with E-state index in [0.717, 1.165) is 5.69 Å². The molecule has 0 atom stereocenters. The third-order valence-electron chi connectivity index (χ3n) is 2.60. The van der Waals surface area contributed by atoms with E-state index >= 15 is 0 Å². The third-order valence-corrected chi connectivity index (χ3v) is 3.68. The molecular weight excluding hydrogens is 280 g/mol. The Morgan fingerprint density at radius 3 is 2.35 bits per heavy atom. The van der Waals surface area contributed by atoms with Gasteiger partial charge in [0.15, 0.2) is 5.43 Å². The summed E-state index contributed by atoms with van der Waals surface area (Å²) in [4.78, 5) is 15.1. The molecule has 0 bridgehead atoms. The molecule has 0 saturated heterocycles. The van der Waals surface area contributed by atoms with Gasteiger partial charge in [-0.1, -0.05) is 48.7 Å². The van der Waals surface area contributed by atoms with Crippen molar-refractivity contribution in [1.29, 1.82) is 0 Å². The second-order valence-corrected chi connectivity index (χ2v) is 5.34. The van der Waals surface area contributed by atoms with Crippen LogP contribution in [0.25, 0.3) is 10.9 Å². The van der Waals surface area contributed by atoms with Gasteiger partial charge in [-0.2, -0.15) is 0 Å². The normalized spacial score (nSPS) is 11.4. The van der Waals surface area contributed by atoms with Crippen LogP contribution in [0.4, 0.5) is 0 Å². The highest BCUT2D eigenvalue weighted by Gasteiger charge is 2.13. The number of aromatic amines is 1. The molecule has 17 heavy (non-hydrogen) atoms. The zero-order valence-electron chi connectivity index (χ0n) is 9.27. The standard InChI is InChI=1S/C12H10Cl3NO/c1-5(2)8-4-9(17)10-11(15)6(13)3-7(14)12(10)16-8/h3-5H,1-2H3,(H,16,17). The number of pyridine rings is 1. The number of rotatable bonds is 1. The molecule has 0 spiro atoms. The summed E-state index contributed by atoms with van der Waals surface area (Å²) in [6, 6.07) is 3.07. The van der Waals surface area contributed by atoms with E-state index in [-0.39, 0.29) is 21.4 Å². The van der Waals surface area contributed by atoms with Gasteiger partial charge >= 0.3 is 0 Å². The topological polar surface area (TPSA) is 32.9 Å². The van der Waals surface area contributed by atoms with Crippen molar-refractivity contribution >= 4 is 45.7 Å². The van der Waals surface area contributed by atoms with E-state index in [2.05, 4.69) is 4.98 Å². The van der Waals surface area contributed by atoms with Gasteiger partial charge in [-0.15, -0.1) is 0 Å². The predicted octanol–water partition coefficient (Wildman–Crippen LogP) is 4.61. The van der Waals surface area contributed by atoms with E-state index in [1.54, 1.807) is 0 Å². The number of H-pyrrole nitrogens is 1. The number of hydrogen-bond acceptors (Lipinski definition) is 1. The molecule has 5 heteroatoms. The summed E-state index contributed by atoms with van der Waals surface area (Å²) in [6.45, 7) is 3.98. The molecule has 0 amide bonds. The number of hydrogen-bond donors (Lipinski definition) is 1. The Kier molecular flexibility index (Phi) is 3.39. The van der Waals surface area contributed by atoms with Crippen LogP contribution < -0.4 is 5.43 Å². The molecule has 0 aliphatic heterocycles. The van der Waals surface area contributed by atoms with Crippen LogP contribution in [0.5, 0.6) is 0 Å². The van der Waals surface area contributed by atoms with Gasteiger partial charge < -0.3 is 4.98 Å². The highest BCUT2D eigenvalue weighted by Crippen LogP contribution is 2.33. The van der Waals surface area contributed by atoms with Crippen LogP contribution in [0.3, 0.4) is 0 Å². The first-order chi connectivity index (χ1) is 7.91. The fourth-order valence-electron chi connectivity index (χ4n) is 1.65. The van der Waals surface area contributed by atoms with Gasteiger partial charge in [-0.25, -0.2) is 0 Å². The number of fused-ring (bicyclic) bond motifs is 1. The first-order valence-corrected chi connectivity index (χ1v) is 6.25. The highest BCUT2D eigenvalue weighted by atomic mass is 35.5. The maximum atomic E-state index is 12.0. The van der Waals surface area contributed by atoms with Crippen molar-refractivity contribution in [3.8, 4) is 0 Å². The van der Waals surface area contributed by atoms with Crippen molar-refractivity contribution in [1.82, 2.24) is 4.98 Å². The van der Waals surface area contributed by atoms with Gasteiger partial charge in [-0.3, -0.25) is 4.79 Å². The van der Waals surface area contributed by atoms with E-state index < -0.39 is 0 Å². The van der Waals surface area contributed by atoms with Crippen LogP contribution in [0, 0.1) is 0 Å². The molecule has 1 N–H and O–H groups in total. The van der Waals surface area contributed by atoms with Crippen molar-refractivity contribution in [2.45, 2.75) is 19.8 Å². The van der Waals surface area contributed by atoms with Crippen LogP contribution in [0.1, 0.15) is 25.5 Å². The molecule has 2 rings (SSSR count). The van der Waals surface area contributed by atoms with Gasteiger partial charge in [0.05, 0.1) is 26.0 Å². The minimum absolute atomic E-state index is 0.170. The van der Waals surface area contributed by atoms with E-state index in [0.29, 0.717) is 15.9 Å². The predicted molar refractivity (Wildman–Crippen MR) is 73.7 cm³/mol. The van der Waals surface area contributed by atoms with Gasteiger partial charge in [-0.05, 0) is 12.0 Å².